The Hall–Kier alpha value is -2.02. The Kier molecular flexibility index (Phi) is 5.88. The number of halogens is 4. The molecule has 1 N–H and O–H groups in total. The lowest BCUT2D eigenvalue weighted by Gasteiger charge is -2.16. The van der Waals surface area contributed by atoms with E-state index in [0.717, 1.165) is 6.07 Å². The fraction of sp³-hybridized carbons (Fsp3) is 0.235. The predicted molar refractivity (Wildman–Crippen MR) is 87.2 cm³/mol. The highest BCUT2D eigenvalue weighted by molar-refractivity contribution is 7.99. The highest BCUT2D eigenvalue weighted by Gasteiger charge is 2.33. The number of hydrogen-bond donors (Lipinski definition) is 1. The van der Waals surface area contributed by atoms with Crippen LogP contribution >= 0.6 is 11.8 Å². The van der Waals surface area contributed by atoms with Gasteiger partial charge in [-0.3, -0.25) is 4.79 Å². The van der Waals surface area contributed by atoms with Gasteiger partial charge in [0.1, 0.15) is 5.82 Å². The van der Waals surface area contributed by atoms with Gasteiger partial charge in [-0.25, -0.2) is 4.39 Å². The van der Waals surface area contributed by atoms with Crippen molar-refractivity contribution in [3.63, 3.8) is 0 Å². The molecule has 2 aromatic rings. The number of hydrogen-bond acceptors (Lipinski definition) is 2. The Labute approximate surface area is 141 Å². The number of alkyl halides is 3. The van der Waals surface area contributed by atoms with Crippen LogP contribution in [-0.2, 0) is 16.7 Å². The van der Waals surface area contributed by atoms with Crippen molar-refractivity contribution >= 4 is 23.4 Å². The number of amides is 1. The molecule has 0 aromatic heterocycles. The average molecular weight is 357 g/mol. The first-order valence-electron chi connectivity index (χ1n) is 7.10. The SMILES string of the molecule is CC(SCc1cccc(F)c1)C(=O)Nc1ccccc1C(F)(F)F. The number of nitrogens with one attached hydrogen (secondary N) is 1. The van der Waals surface area contributed by atoms with E-state index in [4.69, 9.17) is 0 Å². The molecule has 1 amide bonds. The first-order valence-corrected chi connectivity index (χ1v) is 8.15. The van der Waals surface area contributed by atoms with Gasteiger partial charge in [0, 0.05) is 5.75 Å². The summed E-state index contributed by atoms with van der Waals surface area (Å²) in [6, 6.07) is 10.8. The van der Waals surface area contributed by atoms with Crippen LogP contribution in [0.1, 0.15) is 18.1 Å². The molecule has 0 fully saturated rings. The molecule has 0 heterocycles. The summed E-state index contributed by atoms with van der Waals surface area (Å²) < 4.78 is 51.8. The molecule has 0 radical (unpaired) electrons. The lowest BCUT2D eigenvalue weighted by Crippen LogP contribution is -2.24. The van der Waals surface area contributed by atoms with Gasteiger partial charge < -0.3 is 5.32 Å². The van der Waals surface area contributed by atoms with E-state index in [2.05, 4.69) is 5.32 Å². The van der Waals surface area contributed by atoms with Gasteiger partial charge in [0.2, 0.25) is 5.91 Å². The molecule has 0 aliphatic heterocycles. The largest absolute Gasteiger partial charge is 0.418 e. The molecule has 0 aliphatic carbocycles. The zero-order valence-electron chi connectivity index (χ0n) is 12.7. The van der Waals surface area contributed by atoms with Gasteiger partial charge in [0.05, 0.1) is 16.5 Å². The minimum absolute atomic E-state index is 0.270. The van der Waals surface area contributed by atoms with Gasteiger partial charge in [-0.2, -0.15) is 13.2 Å². The van der Waals surface area contributed by atoms with Crippen LogP contribution in [0.15, 0.2) is 48.5 Å². The zero-order chi connectivity index (χ0) is 17.7. The van der Waals surface area contributed by atoms with Crippen LogP contribution in [-0.4, -0.2) is 11.2 Å². The van der Waals surface area contributed by atoms with Crippen LogP contribution in [0.4, 0.5) is 23.2 Å². The van der Waals surface area contributed by atoms with Crippen molar-refractivity contribution in [2.24, 2.45) is 0 Å². The van der Waals surface area contributed by atoms with Gasteiger partial charge in [0.15, 0.2) is 0 Å². The lowest BCUT2D eigenvalue weighted by molar-refractivity contribution is -0.137. The third-order valence-corrected chi connectivity index (χ3v) is 4.46. The molecule has 0 aliphatic rings. The number of anilines is 1. The number of benzene rings is 2. The van der Waals surface area contributed by atoms with Crippen molar-refractivity contribution in [2.75, 3.05) is 5.32 Å². The van der Waals surface area contributed by atoms with Crippen molar-refractivity contribution in [1.82, 2.24) is 0 Å². The monoisotopic (exact) mass is 357 g/mol. The topological polar surface area (TPSA) is 29.1 Å². The maximum absolute atomic E-state index is 13.1. The van der Waals surface area contributed by atoms with Crippen molar-refractivity contribution in [1.29, 1.82) is 0 Å². The summed E-state index contributed by atoms with van der Waals surface area (Å²) in [5.41, 5.74) is -0.454. The molecule has 1 atom stereocenters. The quantitative estimate of drug-likeness (QED) is 0.754. The highest BCUT2D eigenvalue weighted by atomic mass is 32.2. The van der Waals surface area contributed by atoms with Crippen molar-refractivity contribution in [2.45, 2.75) is 24.1 Å². The van der Waals surface area contributed by atoms with Gasteiger partial charge in [-0.15, -0.1) is 11.8 Å². The van der Waals surface area contributed by atoms with Gasteiger partial charge in [0.25, 0.3) is 0 Å². The molecule has 7 heteroatoms. The molecule has 128 valence electrons. The molecule has 2 aromatic carbocycles. The summed E-state index contributed by atoms with van der Waals surface area (Å²) in [5, 5.41) is 1.72. The van der Waals surface area contributed by atoms with Crippen LogP contribution in [0.2, 0.25) is 0 Å². The second-order valence-electron chi connectivity index (χ2n) is 5.12. The van der Waals surface area contributed by atoms with Crippen molar-refractivity contribution in [3.8, 4) is 0 Å². The summed E-state index contributed by atoms with van der Waals surface area (Å²) in [6.45, 7) is 1.59. The lowest BCUT2D eigenvalue weighted by atomic mass is 10.1. The summed E-state index contributed by atoms with van der Waals surface area (Å²) in [7, 11) is 0. The predicted octanol–water partition coefficient (Wildman–Crippen LogP) is 5.10. The molecule has 2 rings (SSSR count). The number of thioether (sulfide) groups is 1. The Balaban J connectivity index is 2.00. The van der Waals surface area contributed by atoms with E-state index in [1.807, 2.05) is 0 Å². The van der Waals surface area contributed by atoms with Crippen molar-refractivity contribution in [3.05, 3.63) is 65.5 Å². The maximum Gasteiger partial charge on any atom is 0.418 e. The van der Waals surface area contributed by atoms with Crippen LogP contribution in [0.25, 0.3) is 0 Å². The summed E-state index contributed by atoms with van der Waals surface area (Å²) in [6.07, 6.45) is -4.54. The third-order valence-electron chi connectivity index (χ3n) is 3.25. The molecule has 0 saturated carbocycles. The van der Waals surface area contributed by atoms with E-state index in [1.165, 1.54) is 42.1 Å². The number of carbonyl (C=O) groups is 1. The summed E-state index contributed by atoms with van der Waals surface area (Å²) in [5.74, 6) is -0.523. The second-order valence-corrected chi connectivity index (χ2v) is 6.44. The Morgan fingerprint density at radius 1 is 1.17 bits per heavy atom. The van der Waals surface area contributed by atoms with Gasteiger partial charge >= 0.3 is 6.18 Å². The van der Waals surface area contributed by atoms with Crippen molar-refractivity contribution < 1.29 is 22.4 Å². The molecule has 0 saturated heterocycles. The van der Waals surface area contributed by atoms with E-state index < -0.39 is 22.9 Å². The Morgan fingerprint density at radius 3 is 2.54 bits per heavy atom. The fourth-order valence-electron chi connectivity index (χ4n) is 2.00. The smallest absolute Gasteiger partial charge is 0.325 e. The van der Waals surface area contributed by atoms with Crippen LogP contribution < -0.4 is 5.32 Å². The first-order chi connectivity index (χ1) is 11.3. The Bertz CT molecular complexity index is 718. The van der Waals surface area contributed by atoms with E-state index in [-0.39, 0.29) is 11.5 Å². The normalized spacial score (nSPS) is 12.7. The van der Waals surface area contributed by atoms with E-state index in [0.29, 0.717) is 11.3 Å². The van der Waals surface area contributed by atoms with Gasteiger partial charge in [-0.1, -0.05) is 24.3 Å². The molecule has 24 heavy (non-hydrogen) atoms. The molecule has 1 unspecified atom stereocenters. The van der Waals surface area contributed by atoms with Crippen LogP contribution in [0.5, 0.6) is 0 Å². The number of rotatable bonds is 5. The van der Waals surface area contributed by atoms with E-state index in [1.54, 1.807) is 19.1 Å². The maximum atomic E-state index is 13.1. The Morgan fingerprint density at radius 2 is 1.88 bits per heavy atom. The van der Waals surface area contributed by atoms with Crippen LogP contribution in [0, 0.1) is 5.82 Å². The molecule has 2 nitrogen and oxygen atoms in total. The molecule has 0 spiro atoms. The average Bonchev–Trinajstić information content (AvgIpc) is 2.52. The first kappa shape index (κ1) is 18.3. The number of para-hydroxylation sites is 1. The molecule has 0 bridgehead atoms. The van der Waals surface area contributed by atoms with Gasteiger partial charge in [-0.05, 0) is 36.8 Å². The zero-order valence-corrected chi connectivity index (χ0v) is 13.5. The summed E-state index contributed by atoms with van der Waals surface area (Å²) in [4.78, 5) is 12.1. The minimum atomic E-state index is -4.54. The molecular weight excluding hydrogens is 342 g/mol. The number of carbonyl (C=O) groups excluding carboxylic acids is 1. The van der Waals surface area contributed by atoms with E-state index in [9.17, 15) is 22.4 Å². The summed E-state index contributed by atoms with van der Waals surface area (Å²) >= 11 is 1.22. The fourth-order valence-corrected chi connectivity index (χ4v) is 2.83. The van der Waals surface area contributed by atoms with E-state index >= 15 is 0 Å². The minimum Gasteiger partial charge on any atom is -0.325 e. The molecular formula is C17H15F4NOS. The highest BCUT2D eigenvalue weighted by Crippen LogP contribution is 2.34. The standard InChI is InChI=1S/C17H15F4NOS/c1-11(24-10-12-5-4-6-13(18)9-12)16(23)22-15-8-3-2-7-14(15)17(19,20)21/h2-9,11H,10H2,1H3,(H,22,23). The second kappa shape index (κ2) is 7.70. The van der Waals surface area contributed by atoms with Crippen LogP contribution in [0.3, 0.4) is 0 Å². The third kappa shape index (κ3) is 4.99.